The molecule has 0 aliphatic carbocycles. The summed E-state index contributed by atoms with van der Waals surface area (Å²) in [6.45, 7) is 0. The van der Waals surface area contributed by atoms with Crippen LogP contribution in [-0.4, -0.2) is 0 Å². The predicted octanol–water partition coefficient (Wildman–Crippen LogP) is 20.5. The van der Waals surface area contributed by atoms with Gasteiger partial charge in [0.2, 0.25) is 0 Å². The average molecular weight is 973 g/mol. The van der Waals surface area contributed by atoms with Gasteiger partial charge in [0.25, 0.3) is 0 Å². The maximum absolute atomic E-state index is 15.1. The van der Waals surface area contributed by atoms with Gasteiger partial charge in [-0.05, 0) is 158 Å². The Morgan fingerprint density at radius 1 is 0.189 bits per heavy atom. The minimum atomic E-state index is -4.68. The highest BCUT2D eigenvalue weighted by Crippen LogP contribution is 2.55. The molecule has 0 bridgehead atoms. The van der Waals surface area contributed by atoms with Crippen molar-refractivity contribution in [2.75, 3.05) is 0 Å². The fraction of sp³-hybridized carbons (Fsp3) is 0.0294. The van der Waals surface area contributed by atoms with E-state index in [0.717, 1.165) is 78.9 Å². The molecule has 0 saturated heterocycles. The van der Waals surface area contributed by atoms with E-state index in [1.165, 1.54) is 24.3 Å². The van der Waals surface area contributed by atoms with Crippen LogP contribution >= 0.6 is 0 Å². The zero-order valence-corrected chi connectivity index (χ0v) is 39.5. The summed E-state index contributed by atoms with van der Waals surface area (Å²) in [6.07, 6.45) is -9.37. The fourth-order valence-electron chi connectivity index (χ4n) is 10.7. The molecule has 6 heteroatoms. The highest BCUT2D eigenvalue weighted by molar-refractivity contribution is 6.34. The van der Waals surface area contributed by atoms with Gasteiger partial charge in [-0.2, -0.15) is 26.3 Å². The van der Waals surface area contributed by atoms with Crippen molar-refractivity contribution in [1.82, 2.24) is 0 Å². The van der Waals surface area contributed by atoms with Crippen LogP contribution in [0.4, 0.5) is 26.3 Å². The molecule has 74 heavy (non-hydrogen) atoms. The van der Waals surface area contributed by atoms with Gasteiger partial charge in [0.1, 0.15) is 0 Å². The Balaban J connectivity index is 1.35. The quantitative estimate of drug-likeness (QED) is 0.105. The molecule has 0 unspecified atom stereocenters. The van der Waals surface area contributed by atoms with Crippen LogP contribution < -0.4 is 0 Å². The van der Waals surface area contributed by atoms with Crippen molar-refractivity contribution in [3.05, 3.63) is 266 Å². The van der Waals surface area contributed by atoms with E-state index in [-0.39, 0.29) is 0 Å². The Morgan fingerprint density at radius 2 is 0.446 bits per heavy atom. The molecule has 0 aliphatic rings. The summed E-state index contributed by atoms with van der Waals surface area (Å²) in [4.78, 5) is 0. The van der Waals surface area contributed by atoms with E-state index in [0.29, 0.717) is 54.6 Å². The van der Waals surface area contributed by atoms with Crippen molar-refractivity contribution in [3.63, 3.8) is 0 Å². The third-order valence-electron chi connectivity index (χ3n) is 14.1. The molecule has 0 radical (unpaired) electrons. The zero-order valence-electron chi connectivity index (χ0n) is 39.5. The molecule has 0 spiro atoms. The summed E-state index contributed by atoms with van der Waals surface area (Å²) in [5.74, 6) is 0. The van der Waals surface area contributed by atoms with E-state index in [2.05, 4.69) is 12.1 Å². The molecule has 0 saturated carbocycles. The highest BCUT2D eigenvalue weighted by Gasteiger charge is 2.34. The molecule has 0 aliphatic heterocycles. The maximum atomic E-state index is 15.1. The van der Waals surface area contributed by atoms with Crippen molar-refractivity contribution in [3.8, 4) is 89.0 Å². The van der Waals surface area contributed by atoms with E-state index in [1.807, 2.05) is 194 Å². The largest absolute Gasteiger partial charge is 0.416 e. The van der Waals surface area contributed by atoms with E-state index in [4.69, 9.17) is 0 Å². The molecule has 0 fully saturated rings. The number of hydrogen-bond acceptors (Lipinski definition) is 0. The normalized spacial score (nSPS) is 11.9. The summed E-state index contributed by atoms with van der Waals surface area (Å²) in [5.41, 5.74) is 10.5. The lowest BCUT2D eigenvalue weighted by Crippen LogP contribution is -2.05. The van der Waals surface area contributed by atoms with Crippen molar-refractivity contribution < 1.29 is 26.3 Å². The second-order valence-corrected chi connectivity index (χ2v) is 18.5. The van der Waals surface area contributed by atoms with Crippen molar-refractivity contribution in [2.45, 2.75) is 12.4 Å². The lowest BCUT2D eigenvalue weighted by molar-refractivity contribution is -0.138. The molecule has 356 valence electrons. The third-order valence-corrected chi connectivity index (χ3v) is 14.1. The van der Waals surface area contributed by atoms with Crippen LogP contribution in [0.15, 0.2) is 255 Å². The summed E-state index contributed by atoms with van der Waals surface area (Å²) < 4.78 is 90.4. The molecule has 12 aromatic carbocycles. The number of benzene rings is 12. The van der Waals surface area contributed by atoms with E-state index >= 15 is 26.3 Å². The van der Waals surface area contributed by atoms with E-state index in [9.17, 15) is 0 Å². The topological polar surface area (TPSA) is 0 Å². The Hall–Kier alpha value is -9.00. The van der Waals surface area contributed by atoms with Gasteiger partial charge < -0.3 is 0 Å². The Labute approximate surface area is 424 Å². The lowest BCUT2D eigenvalue weighted by Gasteiger charge is -2.26. The Morgan fingerprint density at radius 3 is 0.770 bits per heavy atom. The monoisotopic (exact) mass is 972 g/mol. The van der Waals surface area contributed by atoms with Crippen LogP contribution in [0.25, 0.3) is 121 Å². The van der Waals surface area contributed by atoms with Crippen LogP contribution in [0, 0.1) is 0 Å². The van der Waals surface area contributed by atoms with Crippen LogP contribution in [-0.2, 0) is 12.4 Å². The summed E-state index contributed by atoms with van der Waals surface area (Å²) in [6, 6.07) is 79.0. The minimum Gasteiger partial charge on any atom is -0.166 e. The lowest BCUT2D eigenvalue weighted by atomic mass is 9.76. The Kier molecular flexibility index (Phi) is 11.6. The molecular weight excluding hydrogens is 931 g/mol. The molecule has 12 rings (SSSR count). The third kappa shape index (κ3) is 8.48. The van der Waals surface area contributed by atoms with E-state index in [1.54, 1.807) is 12.1 Å². The SMILES string of the molecule is FC(F)(F)c1cccc(-c2c3cc(-c4ccccc4)ccc3c(-c3ccc(-c4ccccc4)cc3)c3c(-c4cccc(C(F)(F)F)c4)c4cc(-c5ccccc5)ccc4c(-c4ccc(-c5ccccc5)cc4)c23)c1. The number of fused-ring (bicyclic) bond motifs is 3. The van der Waals surface area contributed by atoms with Crippen molar-refractivity contribution >= 4 is 32.3 Å². The van der Waals surface area contributed by atoms with Gasteiger partial charge in [-0.15, -0.1) is 0 Å². The van der Waals surface area contributed by atoms with Gasteiger partial charge in [0.05, 0.1) is 11.1 Å². The molecule has 0 N–H and O–H groups in total. The molecule has 0 nitrogen and oxygen atoms in total. The van der Waals surface area contributed by atoms with E-state index < -0.39 is 23.5 Å². The van der Waals surface area contributed by atoms with Crippen LogP contribution in [0.1, 0.15) is 11.1 Å². The summed E-state index contributed by atoms with van der Waals surface area (Å²) in [7, 11) is 0. The first-order valence-electron chi connectivity index (χ1n) is 24.3. The van der Waals surface area contributed by atoms with Gasteiger partial charge in [-0.25, -0.2) is 0 Å². The molecule has 0 aromatic heterocycles. The van der Waals surface area contributed by atoms with Gasteiger partial charge in [-0.3, -0.25) is 0 Å². The second kappa shape index (κ2) is 18.6. The van der Waals surface area contributed by atoms with Crippen molar-refractivity contribution in [2.24, 2.45) is 0 Å². The molecule has 0 atom stereocenters. The summed E-state index contributed by atoms with van der Waals surface area (Å²) in [5, 5.41) is 3.99. The highest BCUT2D eigenvalue weighted by atomic mass is 19.4. The number of rotatable bonds is 8. The fourth-order valence-corrected chi connectivity index (χ4v) is 10.7. The number of halogens is 6. The Bertz CT molecular complexity index is 3760. The van der Waals surface area contributed by atoms with Gasteiger partial charge in [-0.1, -0.05) is 218 Å². The molecule has 0 heterocycles. The second-order valence-electron chi connectivity index (χ2n) is 18.5. The van der Waals surface area contributed by atoms with Gasteiger partial charge in [0.15, 0.2) is 0 Å². The number of hydrogen-bond donors (Lipinski definition) is 0. The predicted molar refractivity (Wildman–Crippen MR) is 292 cm³/mol. The molecule has 12 aromatic rings. The van der Waals surface area contributed by atoms with Gasteiger partial charge in [0, 0.05) is 0 Å². The first-order valence-corrected chi connectivity index (χ1v) is 24.3. The minimum absolute atomic E-state index is 0.309. The van der Waals surface area contributed by atoms with Crippen LogP contribution in [0.5, 0.6) is 0 Å². The first kappa shape index (κ1) is 46.1. The van der Waals surface area contributed by atoms with Crippen molar-refractivity contribution in [1.29, 1.82) is 0 Å². The summed E-state index contributed by atoms with van der Waals surface area (Å²) >= 11 is 0. The van der Waals surface area contributed by atoms with Crippen LogP contribution in [0.2, 0.25) is 0 Å². The van der Waals surface area contributed by atoms with Gasteiger partial charge >= 0.3 is 12.4 Å². The average Bonchev–Trinajstić information content (AvgIpc) is 3.45. The maximum Gasteiger partial charge on any atom is 0.416 e. The standard InChI is InChI=1S/C68H42F6/c69-67(70,71)55-25-13-23-53(39-55)63-60-42-52(46-21-11-4-12-22-46)36-38-58(60)62(50-33-29-48(30-34-50)44-17-7-2-8-18-44)66-64(54-24-14-26-56(40-54)68(72,73)74)59-41-51(45-19-9-3-10-20-45)35-37-57(59)61(65(63)66)49-31-27-47(28-32-49)43-15-5-1-6-16-43/h1-42H. The smallest absolute Gasteiger partial charge is 0.166 e. The number of alkyl halides is 6. The first-order chi connectivity index (χ1) is 36.0. The molecule has 0 amide bonds. The zero-order chi connectivity index (χ0) is 50.6. The molecular formula is C68H42F6. The van der Waals surface area contributed by atoms with Crippen LogP contribution in [0.3, 0.4) is 0 Å².